The van der Waals surface area contributed by atoms with E-state index in [2.05, 4.69) is 25.4 Å². The maximum atomic E-state index is 12.2. The van der Waals surface area contributed by atoms with E-state index < -0.39 is 5.60 Å². The highest BCUT2D eigenvalue weighted by Crippen LogP contribution is 2.70. The zero-order valence-electron chi connectivity index (χ0n) is 20.4. The van der Waals surface area contributed by atoms with Crippen molar-refractivity contribution in [3.05, 3.63) is 46.0 Å². The van der Waals surface area contributed by atoms with E-state index in [4.69, 9.17) is 9.25 Å². The molecule has 32 heavy (non-hydrogen) atoms. The van der Waals surface area contributed by atoms with E-state index in [1.165, 1.54) is 6.07 Å². The van der Waals surface area contributed by atoms with Crippen molar-refractivity contribution in [1.82, 2.24) is 5.48 Å². The average Bonchev–Trinajstić information content (AvgIpc) is 3.07. The number of aliphatic hydroxyl groups is 1. The van der Waals surface area contributed by atoms with E-state index in [0.717, 1.165) is 56.9 Å². The number of hydroxylamine groups is 1. The van der Waals surface area contributed by atoms with E-state index in [9.17, 15) is 9.90 Å². The minimum Gasteiger partial charge on any atom is -0.431 e. The Morgan fingerprint density at radius 1 is 1.06 bits per heavy atom. The van der Waals surface area contributed by atoms with E-state index in [-0.39, 0.29) is 22.4 Å². The lowest BCUT2D eigenvalue weighted by atomic mass is 9.45. The molecule has 0 aromatic carbocycles. The van der Waals surface area contributed by atoms with Gasteiger partial charge >= 0.3 is 5.63 Å². The molecule has 0 aliphatic heterocycles. The number of nitrogens with one attached hydrogen (secondary N) is 1. The van der Waals surface area contributed by atoms with Crippen LogP contribution in [0.2, 0.25) is 0 Å². The predicted molar refractivity (Wildman–Crippen MR) is 126 cm³/mol. The molecule has 0 bridgehead atoms. The molecule has 5 nitrogen and oxygen atoms in total. The monoisotopic (exact) mass is 443 g/mol. The van der Waals surface area contributed by atoms with Crippen molar-refractivity contribution in [2.75, 3.05) is 7.11 Å². The standard InChI is InChI=1S/C25H35NO4.C2H6/c1-23-11-8-18(26-29-3)14-17(23)5-6-21-20(23)9-12-24(2)19(10-13-25(21,24)28)16-4-7-22(27)30-15-16;1-2/h4,7,14-15,18-21,26,28H,5-6,8-13H2,1-3H3;1-2H3/t18-,19+,20?,21?,23-,24+,25-;/m0./s1. The Kier molecular flexibility index (Phi) is 6.47. The molecule has 0 spiro atoms. The van der Waals surface area contributed by atoms with Crippen LogP contribution in [0.3, 0.4) is 0 Å². The van der Waals surface area contributed by atoms with Crippen molar-refractivity contribution >= 4 is 0 Å². The average molecular weight is 444 g/mol. The molecular weight excluding hydrogens is 402 g/mol. The fourth-order valence-corrected chi connectivity index (χ4v) is 8.04. The number of hydrogen-bond acceptors (Lipinski definition) is 5. The lowest BCUT2D eigenvalue weighted by molar-refractivity contribution is -0.177. The summed E-state index contributed by atoms with van der Waals surface area (Å²) in [7, 11) is 1.69. The molecule has 2 N–H and O–H groups in total. The Hall–Kier alpha value is -1.43. The van der Waals surface area contributed by atoms with Gasteiger partial charge in [0.1, 0.15) is 0 Å². The van der Waals surface area contributed by atoms with Gasteiger partial charge in [0.15, 0.2) is 0 Å². The molecule has 0 saturated heterocycles. The molecule has 0 radical (unpaired) electrons. The first-order valence-corrected chi connectivity index (χ1v) is 12.6. The summed E-state index contributed by atoms with van der Waals surface area (Å²) < 4.78 is 5.19. The lowest BCUT2D eigenvalue weighted by Crippen LogP contribution is -2.60. The minimum atomic E-state index is -0.646. The van der Waals surface area contributed by atoms with E-state index in [1.807, 2.05) is 19.9 Å². The third-order valence-electron chi connectivity index (χ3n) is 9.69. The molecule has 3 fully saturated rings. The third-order valence-corrected chi connectivity index (χ3v) is 9.69. The Labute approximate surface area is 192 Å². The van der Waals surface area contributed by atoms with Gasteiger partial charge in [0, 0.05) is 11.5 Å². The van der Waals surface area contributed by atoms with Crippen LogP contribution in [0, 0.1) is 22.7 Å². The molecule has 7 atom stereocenters. The summed E-state index contributed by atoms with van der Waals surface area (Å²) in [5.74, 6) is 1.12. The zero-order chi connectivity index (χ0) is 23.1. The SMILES string of the molecule is CC.CON[C@@H]1C=C2CCC3C(CC[C@]4(C)[C@@H](c5ccc(=O)oc5)CC[C@]34O)[C@@]2(C)CC1. The van der Waals surface area contributed by atoms with Gasteiger partial charge in [-0.15, -0.1) is 0 Å². The number of fused-ring (bicyclic) bond motifs is 5. The highest BCUT2D eigenvalue weighted by atomic mass is 16.6. The van der Waals surface area contributed by atoms with Crippen molar-refractivity contribution in [2.24, 2.45) is 22.7 Å². The smallest absolute Gasteiger partial charge is 0.335 e. The highest BCUT2D eigenvalue weighted by molar-refractivity contribution is 5.31. The fraction of sp³-hybridized carbons (Fsp3) is 0.741. The van der Waals surface area contributed by atoms with Crippen LogP contribution in [0.5, 0.6) is 0 Å². The largest absolute Gasteiger partial charge is 0.431 e. The van der Waals surface area contributed by atoms with Gasteiger partial charge in [-0.1, -0.05) is 39.3 Å². The molecule has 4 aliphatic carbocycles. The molecular formula is C27H41NO4. The molecule has 1 aromatic rings. The van der Waals surface area contributed by atoms with Crippen LogP contribution >= 0.6 is 0 Å². The van der Waals surface area contributed by atoms with Crippen molar-refractivity contribution in [2.45, 2.75) is 96.6 Å². The van der Waals surface area contributed by atoms with Gasteiger partial charge < -0.3 is 14.4 Å². The lowest BCUT2D eigenvalue weighted by Gasteiger charge is -2.62. The molecule has 2 unspecified atom stereocenters. The van der Waals surface area contributed by atoms with Gasteiger partial charge in [0.2, 0.25) is 0 Å². The van der Waals surface area contributed by atoms with Gasteiger partial charge in [0.05, 0.1) is 25.0 Å². The quantitative estimate of drug-likeness (QED) is 0.487. The molecule has 3 saturated carbocycles. The number of rotatable bonds is 3. The van der Waals surface area contributed by atoms with Crippen LogP contribution in [0.1, 0.15) is 90.5 Å². The summed E-state index contributed by atoms with van der Waals surface area (Å²) in [6.07, 6.45) is 12.4. The first-order valence-electron chi connectivity index (χ1n) is 12.6. The van der Waals surface area contributed by atoms with Gasteiger partial charge in [-0.25, -0.2) is 4.79 Å². The third kappa shape index (κ3) is 3.43. The summed E-state index contributed by atoms with van der Waals surface area (Å²) in [4.78, 5) is 16.6. The van der Waals surface area contributed by atoms with E-state index in [1.54, 1.807) is 18.9 Å². The normalized spacial score (nSPS) is 42.6. The molecule has 5 heteroatoms. The van der Waals surface area contributed by atoms with Crippen LogP contribution in [0.25, 0.3) is 0 Å². The zero-order valence-corrected chi connectivity index (χ0v) is 20.4. The first-order chi connectivity index (χ1) is 15.3. The van der Waals surface area contributed by atoms with Crippen LogP contribution in [-0.4, -0.2) is 23.9 Å². The predicted octanol–water partition coefficient (Wildman–Crippen LogP) is 5.35. The Bertz CT molecular complexity index is 889. The molecule has 0 amide bonds. The first kappa shape index (κ1) is 23.7. The maximum absolute atomic E-state index is 12.2. The second kappa shape index (κ2) is 8.73. The molecule has 4 aliphatic rings. The van der Waals surface area contributed by atoms with Crippen molar-refractivity contribution in [3.8, 4) is 0 Å². The number of allylic oxidation sites excluding steroid dienone is 1. The second-order valence-electron chi connectivity index (χ2n) is 10.7. The van der Waals surface area contributed by atoms with Crippen molar-refractivity contribution < 1.29 is 14.4 Å². The fourth-order valence-electron chi connectivity index (χ4n) is 8.04. The van der Waals surface area contributed by atoms with Crippen LogP contribution in [0.15, 0.2) is 39.3 Å². The summed E-state index contributed by atoms with van der Waals surface area (Å²) in [5, 5.41) is 12.2. The van der Waals surface area contributed by atoms with Gasteiger partial charge in [0.25, 0.3) is 0 Å². The summed E-state index contributed by atoms with van der Waals surface area (Å²) in [5.41, 5.74) is 4.83. The summed E-state index contributed by atoms with van der Waals surface area (Å²) >= 11 is 0. The van der Waals surface area contributed by atoms with Crippen molar-refractivity contribution in [3.63, 3.8) is 0 Å². The van der Waals surface area contributed by atoms with Gasteiger partial charge in [-0.2, -0.15) is 5.48 Å². The Morgan fingerprint density at radius 2 is 1.84 bits per heavy atom. The molecule has 1 aromatic heterocycles. The van der Waals surface area contributed by atoms with Crippen LogP contribution in [0.4, 0.5) is 0 Å². The maximum Gasteiger partial charge on any atom is 0.335 e. The molecule has 178 valence electrons. The van der Waals surface area contributed by atoms with Gasteiger partial charge in [-0.3, -0.25) is 0 Å². The minimum absolute atomic E-state index is 0.166. The summed E-state index contributed by atoms with van der Waals surface area (Å²) in [6.45, 7) is 8.74. The van der Waals surface area contributed by atoms with Crippen LogP contribution in [-0.2, 0) is 4.84 Å². The van der Waals surface area contributed by atoms with E-state index in [0.29, 0.717) is 17.9 Å². The Morgan fingerprint density at radius 3 is 2.53 bits per heavy atom. The molecule has 5 rings (SSSR count). The number of hydrogen-bond donors (Lipinski definition) is 2. The Balaban J connectivity index is 0.00000119. The van der Waals surface area contributed by atoms with Crippen LogP contribution < -0.4 is 11.1 Å². The topological polar surface area (TPSA) is 71.7 Å². The van der Waals surface area contributed by atoms with Gasteiger partial charge in [-0.05, 0) is 86.2 Å². The molecule has 1 heterocycles. The van der Waals surface area contributed by atoms with Crippen molar-refractivity contribution in [1.29, 1.82) is 0 Å². The summed E-state index contributed by atoms with van der Waals surface area (Å²) in [6, 6.07) is 3.73. The second-order valence-corrected chi connectivity index (χ2v) is 10.7. The highest BCUT2D eigenvalue weighted by Gasteiger charge is 2.66. The van der Waals surface area contributed by atoms with E-state index >= 15 is 0 Å².